The van der Waals surface area contributed by atoms with Crippen LogP contribution >= 0.6 is 0 Å². The third-order valence-corrected chi connectivity index (χ3v) is 5.07. The van der Waals surface area contributed by atoms with Crippen LogP contribution in [0.1, 0.15) is 40.0 Å². The fraction of sp³-hybridized carbons (Fsp3) is 0.824. The van der Waals surface area contributed by atoms with E-state index in [-0.39, 0.29) is 24.1 Å². The number of ether oxygens (including phenoxy) is 1. The Hall–Kier alpha value is -2.03. The topological polar surface area (TPSA) is 102 Å². The smallest absolute Gasteiger partial charge is 0.410 e. The number of hydrazine groups is 1. The standard InChI is InChI=1S/C17H28N4O5/c1-17(2,3)26-16(25)19-7-5-12(6-8-19)18-15(24)20-9-4-11-10-21(20)14(23)13(11)22/h11-13,22H,4-10H2,1-3H3,(H,18,24)/t11-,13?/m1/s1. The molecule has 0 spiro atoms. The maximum absolute atomic E-state index is 12.5. The zero-order valence-electron chi connectivity index (χ0n) is 15.6. The minimum absolute atomic E-state index is 0.0541. The number of nitrogens with one attached hydrogen (secondary N) is 1. The Morgan fingerprint density at radius 3 is 2.42 bits per heavy atom. The molecule has 3 rings (SSSR count). The average molecular weight is 368 g/mol. The van der Waals surface area contributed by atoms with Gasteiger partial charge in [0.25, 0.3) is 5.91 Å². The van der Waals surface area contributed by atoms with Crippen LogP contribution in [0.2, 0.25) is 0 Å². The van der Waals surface area contributed by atoms with Gasteiger partial charge in [-0.05, 0) is 40.0 Å². The Balaban J connectivity index is 1.48. The lowest BCUT2D eigenvalue weighted by Gasteiger charge is -2.38. The van der Waals surface area contributed by atoms with E-state index < -0.39 is 17.6 Å². The van der Waals surface area contributed by atoms with Crippen molar-refractivity contribution in [3.63, 3.8) is 0 Å². The minimum atomic E-state index is -0.995. The average Bonchev–Trinajstić information content (AvgIpc) is 2.78. The van der Waals surface area contributed by atoms with E-state index in [0.29, 0.717) is 45.4 Å². The first-order valence-electron chi connectivity index (χ1n) is 9.21. The van der Waals surface area contributed by atoms with Crippen LogP contribution in [0.25, 0.3) is 0 Å². The number of hydrogen-bond acceptors (Lipinski definition) is 5. The van der Waals surface area contributed by atoms with Crippen molar-refractivity contribution in [2.24, 2.45) is 5.92 Å². The highest BCUT2D eigenvalue weighted by Gasteiger charge is 2.47. The second-order valence-electron chi connectivity index (χ2n) is 8.23. The highest BCUT2D eigenvalue weighted by molar-refractivity contribution is 5.86. The van der Waals surface area contributed by atoms with Gasteiger partial charge in [-0.3, -0.25) is 4.79 Å². The summed E-state index contributed by atoms with van der Waals surface area (Å²) in [5, 5.41) is 15.5. The predicted molar refractivity (Wildman–Crippen MR) is 91.9 cm³/mol. The summed E-state index contributed by atoms with van der Waals surface area (Å²) >= 11 is 0. The molecule has 2 bridgehead atoms. The predicted octanol–water partition coefficient (Wildman–Crippen LogP) is 0.536. The van der Waals surface area contributed by atoms with Crippen LogP contribution in [0.15, 0.2) is 0 Å². The first-order chi connectivity index (χ1) is 12.2. The molecule has 3 heterocycles. The summed E-state index contributed by atoms with van der Waals surface area (Å²) in [6.07, 6.45) is 0.565. The number of fused-ring (bicyclic) bond motifs is 2. The molecular weight excluding hydrogens is 340 g/mol. The van der Waals surface area contributed by atoms with Crippen molar-refractivity contribution in [1.29, 1.82) is 0 Å². The van der Waals surface area contributed by atoms with Crippen LogP contribution in [0.3, 0.4) is 0 Å². The molecule has 146 valence electrons. The van der Waals surface area contributed by atoms with Gasteiger partial charge in [0.15, 0.2) is 0 Å². The van der Waals surface area contributed by atoms with E-state index in [2.05, 4.69) is 5.32 Å². The lowest BCUT2D eigenvalue weighted by molar-refractivity contribution is -0.144. The molecule has 9 heteroatoms. The monoisotopic (exact) mass is 368 g/mol. The molecule has 0 aliphatic carbocycles. The van der Waals surface area contributed by atoms with Crippen molar-refractivity contribution in [2.75, 3.05) is 26.2 Å². The van der Waals surface area contributed by atoms with Gasteiger partial charge in [-0.15, -0.1) is 0 Å². The highest BCUT2D eigenvalue weighted by atomic mass is 16.6. The summed E-state index contributed by atoms with van der Waals surface area (Å²) in [6.45, 7) is 7.35. The van der Waals surface area contributed by atoms with Crippen LogP contribution in [-0.4, -0.2) is 82.0 Å². The van der Waals surface area contributed by atoms with E-state index in [1.165, 1.54) is 10.0 Å². The van der Waals surface area contributed by atoms with Crippen LogP contribution in [0, 0.1) is 5.92 Å². The number of aliphatic hydroxyl groups excluding tert-OH is 1. The number of piperidine rings is 1. The number of carbonyl (C=O) groups excluding carboxylic acids is 3. The van der Waals surface area contributed by atoms with E-state index in [4.69, 9.17) is 4.74 Å². The number of carbonyl (C=O) groups is 3. The van der Waals surface area contributed by atoms with Gasteiger partial charge in [0.1, 0.15) is 11.7 Å². The molecule has 1 unspecified atom stereocenters. The zero-order valence-corrected chi connectivity index (χ0v) is 15.6. The normalized spacial score (nSPS) is 26.9. The van der Waals surface area contributed by atoms with Gasteiger partial charge in [0.05, 0.1) is 0 Å². The molecule has 3 aliphatic heterocycles. The fourth-order valence-corrected chi connectivity index (χ4v) is 3.63. The second kappa shape index (κ2) is 6.94. The fourth-order valence-electron chi connectivity index (χ4n) is 3.63. The van der Waals surface area contributed by atoms with Crippen molar-refractivity contribution in [3.8, 4) is 0 Å². The van der Waals surface area contributed by atoms with Gasteiger partial charge in [-0.2, -0.15) is 0 Å². The molecule has 4 amide bonds. The Kier molecular flexibility index (Phi) is 5.01. The lowest BCUT2D eigenvalue weighted by Crippen LogP contribution is -2.57. The summed E-state index contributed by atoms with van der Waals surface area (Å²) < 4.78 is 5.37. The van der Waals surface area contributed by atoms with Crippen LogP contribution in [0.5, 0.6) is 0 Å². The van der Waals surface area contributed by atoms with Crippen molar-refractivity contribution in [2.45, 2.75) is 57.8 Å². The van der Waals surface area contributed by atoms with Crippen molar-refractivity contribution in [3.05, 3.63) is 0 Å². The van der Waals surface area contributed by atoms with E-state index >= 15 is 0 Å². The van der Waals surface area contributed by atoms with E-state index in [9.17, 15) is 19.5 Å². The molecule has 0 aromatic heterocycles. The summed E-state index contributed by atoms with van der Waals surface area (Å²) in [7, 11) is 0. The van der Waals surface area contributed by atoms with Gasteiger partial charge in [0, 0.05) is 38.1 Å². The Labute approximate surface area is 153 Å². The first-order valence-corrected chi connectivity index (χ1v) is 9.21. The molecule has 26 heavy (non-hydrogen) atoms. The van der Waals surface area contributed by atoms with E-state index in [0.717, 1.165) is 0 Å². The van der Waals surface area contributed by atoms with Crippen LogP contribution in [-0.2, 0) is 9.53 Å². The molecule has 0 aromatic rings. The first kappa shape index (κ1) is 18.8. The molecular formula is C17H28N4O5. The maximum Gasteiger partial charge on any atom is 0.410 e. The third-order valence-electron chi connectivity index (χ3n) is 5.07. The van der Waals surface area contributed by atoms with Crippen molar-refractivity contribution < 1.29 is 24.2 Å². The summed E-state index contributed by atoms with van der Waals surface area (Å²) in [5.74, 6) is -0.481. The molecule has 0 aromatic carbocycles. The van der Waals surface area contributed by atoms with Gasteiger partial charge in [-0.25, -0.2) is 19.6 Å². The van der Waals surface area contributed by atoms with E-state index in [1.807, 2.05) is 20.8 Å². The number of rotatable bonds is 1. The highest BCUT2D eigenvalue weighted by Crippen LogP contribution is 2.29. The quantitative estimate of drug-likeness (QED) is 0.703. The number of amides is 4. The molecule has 0 saturated carbocycles. The Morgan fingerprint density at radius 2 is 1.81 bits per heavy atom. The van der Waals surface area contributed by atoms with Gasteiger partial charge >= 0.3 is 12.1 Å². The Morgan fingerprint density at radius 1 is 1.15 bits per heavy atom. The van der Waals surface area contributed by atoms with Gasteiger partial charge < -0.3 is 20.1 Å². The SMILES string of the molecule is CC(C)(C)OC(=O)N1CCC(NC(=O)N2CC[C@@H]3CN2C(=O)C3O)CC1. The summed E-state index contributed by atoms with van der Waals surface area (Å²) in [4.78, 5) is 38.3. The Bertz CT molecular complexity index is 582. The van der Waals surface area contributed by atoms with Crippen molar-refractivity contribution in [1.82, 2.24) is 20.2 Å². The number of likely N-dealkylation sites (tertiary alicyclic amines) is 1. The second-order valence-corrected chi connectivity index (χ2v) is 8.23. The lowest BCUT2D eigenvalue weighted by atomic mass is 10.0. The van der Waals surface area contributed by atoms with Gasteiger partial charge in [0.2, 0.25) is 0 Å². The number of nitrogens with zero attached hydrogens (tertiary/aromatic N) is 3. The molecule has 2 N–H and O–H groups in total. The molecule has 9 nitrogen and oxygen atoms in total. The molecule has 3 aliphatic rings. The molecule has 2 atom stereocenters. The van der Waals surface area contributed by atoms with E-state index in [1.54, 1.807) is 4.90 Å². The zero-order chi connectivity index (χ0) is 19.1. The summed E-state index contributed by atoms with van der Waals surface area (Å²) in [6, 6.07) is -0.372. The largest absolute Gasteiger partial charge is 0.444 e. The van der Waals surface area contributed by atoms with Crippen molar-refractivity contribution >= 4 is 18.0 Å². The number of aliphatic hydroxyl groups is 1. The van der Waals surface area contributed by atoms with Crippen LogP contribution < -0.4 is 5.32 Å². The van der Waals surface area contributed by atoms with Gasteiger partial charge in [-0.1, -0.05) is 0 Å². The number of urea groups is 1. The maximum atomic E-state index is 12.5. The van der Waals surface area contributed by atoms with Crippen LogP contribution in [0.4, 0.5) is 9.59 Å². The summed E-state index contributed by atoms with van der Waals surface area (Å²) in [5.41, 5.74) is -0.527. The number of hydrogen-bond donors (Lipinski definition) is 2. The minimum Gasteiger partial charge on any atom is -0.444 e. The molecule has 0 radical (unpaired) electrons. The molecule has 3 saturated heterocycles. The third kappa shape index (κ3) is 3.87. The molecule has 3 fully saturated rings.